The average Bonchev–Trinajstić information content (AvgIpc) is 2.67. The molecule has 0 saturated heterocycles. The lowest BCUT2D eigenvalue weighted by molar-refractivity contribution is -0.149. The first kappa shape index (κ1) is 17.6. The molecule has 0 heterocycles. The molecule has 21 heavy (non-hydrogen) atoms. The fourth-order valence-electron chi connectivity index (χ4n) is 2.86. The van der Waals surface area contributed by atoms with Crippen molar-refractivity contribution in [2.45, 2.75) is 45.3 Å². The van der Waals surface area contributed by atoms with E-state index in [0.29, 0.717) is 12.3 Å². The molecule has 0 radical (unpaired) electrons. The van der Waals surface area contributed by atoms with Crippen LogP contribution in [-0.4, -0.2) is 47.3 Å². The average molecular weight is 310 g/mol. The fourth-order valence-corrected chi connectivity index (χ4v) is 2.86. The standard InChI is InChI=1S/C13H21F3N2O3/c1-3-9-4-5-10(8(9)2)17-12(21)18(6-11(19)20)7-13(14,15)16/h8-10H,3-7H2,1-2H3,(H,17,21)(H,19,20). The molecule has 0 aromatic rings. The highest BCUT2D eigenvalue weighted by molar-refractivity contribution is 5.80. The number of hydrogen-bond donors (Lipinski definition) is 2. The number of rotatable bonds is 5. The summed E-state index contributed by atoms with van der Waals surface area (Å²) in [5.41, 5.74) is 0. The Hall–Kier alpha value is -1.47. The highest BCUT2D eigenvalue weighted by Crippen LogP contribution is 2.34. The lowest BCUT2D eigenvalue weighted by Crippen LogP contribution is -2.50. The SMILES string of the molecule is CCC1CCC(NC(=O)N(CC(=O)O)CC(F)(F)F)C1C. The van der Waals surface area contributed by atoms with Gasteiger partial charge in [-0.15, -0.1) is 0 Å². The molecule has 122 valence electrons. The second kappa shape index (κ2) is 7.00. The van der Waals surface area contributed by atoms with Crippen molar-refractivity contribution in [3.63, 3.8) is 0 Å². The predicted octanol–water partition coefficient (Wildman–Crippen LogP) is 2.47. The van der Waals surface area contributed by atoms with Crippen molar-refractivity contribution in [1.29, 1.82) is 0 Å². The van der Waals surface area contributed by atoms with Crippen LogP contribution in [0, 0.1) is 11.8 Å². The Morgan fingerprint density at radius 3 is 2.38 bits per heavy atom. The molecule has 0 aliphatic heterocycles. The van der Waals surface area contributed by atoms with E-state index in [1.54, 1.807) is 0 Å². The van der Waals surface area contributed by atoms with Gasteiger partial charge in [0.05, 0.1) is 0 Å². The zero-order chi connectivity index (χ0) is 16.2. The Morgan fingerprint density at radius 1 is 1.33 bits per heavy atom. The van der Waals surface area contributed by atoms with Crippen molar-refractivity contribution >= 4 is 12.0 Å². The number of carboxylic acid groups (broad SMARTS) is 1. The summed E-state index contributed by atoms with van der Waals surface area (Å²) in [6.45, 7) is 1.45. The molecule has 3 unspecified atom stereocenters. The topological polar surface area (TPSA) is 69.6 Å². The van der Waals surface area contributed by atoms with Gasteiger partial charge in [0.25, 0.3) is 0 Å². The lowest BCUT2D eigenvalue weighted by Gasteiger charge is -2.27. The molecule has 3 atom stereocenters. The van der Waals surface area contributed by atoms with Gasteiger partial charge < -0.3 is 15.3 Å². The molecule has 2 amide bonds. The predicted molar refractivity (Wildman–Crippen MR) is 69.8 cm³/mol. The summed E-state index contributed by atoms with van der Waals surface area (Å²) in [4.78, 5) is 22.8. The monoisotopic (exact) mass is 310 g/mol. The molecule has 1 aliphatic rings. The summed E-state index contributed by atoms with van der Waals surface area (Å²) in [5.74, 6) is -0.859. The number of aliphatic carboxylic acids is 1. The lowest BCUT2D eigenvalue weighted by atomic mass is 9.93. The summed E-state index contributed by atoms with van der Waals surface area (Å²) < 4.78 is 37.2. The summed E-state index contributed by atoms with van der Waals surface area (Å²) in [6.07, 6.45) is -2.05. The Labute approximate surface area is 121 Å². The van der Waals surface area contributed by atoms with Crippen molar-refractivity contribution in [2.24, 2.45) is 11.8 Å². The second-order valence-electron chi connectivity index (χ2n) is 5.53. The quantitative estimate of drug-likeness (QED) is 0.819. The Morgan fingerprint density at radius 2 is 1.95 bits per heavy atom. The zero-order valence-corrected chi connectivity index (χ0v) is 12.1. The van der Waals surface area contributed by atoms with E-state index < -0.39 is 31.3 Å². The number of nitrogens with zero attached hydrogens (tertiary/aromatic N) is 1. The molecule has 0 aromatic heterocycles. The van der Waals surface area contributed by atoms with Crippen molar-refractivity contribution in [3.05, 3.63) is 0 Å². The molecule has 0 bridgehead atoms. The van der Waals surface area contributed by atoms with Crippen molar-refractivity contribution in [3.8, 4) is 0 Å². The van der Waals surface area contributed by atoms with Gasteiger partial charge in [-0.2, -0.15) is 13.2 Å². The van der Waals surface area contributed by atoms with Gasteiger partial charge >= 0.3 is 18.2 Å². The number of alkyl halides is 3. The van der Waals surface area contributed by atoms with Gasteiger partial charge in [0.1, 0.15) is 13.1 Å². The molecule has 1 rings (SSSR count). The van der Waals surface area contributed by atoms with Gasteiger partial charge in [0.15, 0.2) is 0 Å². The van der Waals surface area contributed by atoms with E-state index >= 15 is 0 Å². The molecule has 0 aromatic carbocycles. The van der Waals surface area contributed by atoms with Gasteiger partial charge in [0.2, 0.25) is 0 Å². The number of halogens is 3. The largest absolute Gasteiger partial charge is 0.480 e. The molecule has 1 saturated carbocycles. The maximum atomic E-state index is 12.4. The van der Waals surface area contributed by atoms with E-state index in [0.717, 1.165) is 12.8 Å². The first-order chi connectivity index (χ1) is 9.64. The minimum absolute atomic E-state index is 0.177. The number of hydrogen-bond acceptors (Lipinski definition) is 2. The van der Waals surface area contributed by atoms with E-state index in [4.69, 9.17) is 5.11 Å². The third kappa shape index (κ3) is 5.43. The van der Waals surface area contributed by atoms with Crippen LogP contribution >= 0.6 is 0 Å². The van der Waals surface area contributed by atoms with Gasteiger partial charge in [0, 0.05) is 6.04 Å². The molecule has 8 heteroatoms. The van der Waals surface area contributed by atoms with E-state index in [1.807, 2.05) is 13.8 Å². The van der Waals surface area contributed by atoms with Gasteiger partial charge in [-0.3, -0.25) is 4.79 Å². The van der Waals surface area contributed by atoms with Crippen LogP contribution in [0.4, 0.5) is 18.0 Å². The third-order valence-electron chi connectivity index (χ3n) is 4.04. The van der Waals surface area contributed by atoms with Crippen molar-refractivity contribution in [2.75, 3.05) is 13.1 Å². The summed E-state index contributed by atoms with van der Waals surface area (Å²) in [6, 6.07) is -1.17. The van der Waals surface area contributed by atoms with Crippen LogP contribution in [0.5, 0.6) is 0 Å². The Kier molecular flexibility index (Phi) is 5.86. The first-order valence-electron chi connectivity index (χ1n) is 6.98. The van der Waals surface area contributed by atoms with E-state index in [2.05, 4.69) is 5.32 Å². The van der Waals surface area contributed by atoms with Crippen LogP contribution in [0.3, 0.4) is 0 Å². The van der Waals surface area contributed by atoms with Crippen LogP contribution in [0.15, 0.2) is 0 Å². The summed E-state index contributed by atoms with van der Waals surface area (Å²) >= 11 is 0. The number of carboxylic acids is 1. The smallest absolute Gasteiger partial charge is 0.406 e. The minimum Gasteiger partial charge on any atom is -0.480 e. The molecular formula is C13H21F3N2O3. The van der Waals surface area contributed by atoms with E-state index in [-0.39, 0.29) is 16.9 Å². The van der Waals surface area contributed by atoms with Crippen LogP contribution < -0.4 is 5.32 Å². The highest BCUT2D eigenvalue weighted by Gasteiger charge is 2.37. The number of nitrogens with one attached hydrogen (secondary N) is 1. The fraction of sp³-hybridized carbons (Fsp3) is 0.846. The molecular weight excluding hydrogens is 289 g/mol. The normalized spacial score (nSPS) is 25.7. The molecule has 0 spiro atoms. The molecule has 5 nitrogen and oxygen atoms in total. The number of carbonyl (C=O) groups excluding carboxylic acids is 1. The highest BCUT2D eigenvalue weighted by atomic mass is 19.4. The number of urea groups is 1. The second-order valence-corrected chi connectivity index (χ2v) is 5.53. The Bertz CT molecular complexity index is 387. The van der Waals surface area contributed by atoms with Gasteiger partial charge in [-0.25, -0.2) is 4.79 Å². The van der Waals surface area contributed by atoms with Gasteiger partial charge in [-0.1, -0.05) is 20.3 Å². The maximum absolute atomic E-state index is 12.4. The molecule has 1 fully saturated rings. The first-order valence-corrected chi connectivity index (χ1v) is 6.98. The number of carbonyl (C=O) groups is 2. The number of amides is 2. The third-order valence-corrected chi connectivity index (χ3v) is 4.04. The zero-order valence-electron chi connectivity index (χ0n) is 12.1. The van der Waals surface area contributed by atoms with Crippen molar-refractivity contribution in [1.82, 2.24) is 10.2 Å². The van der Waals surface area contributed by atoms with E-state index in [9.17, 15) is 22.8 Å². The summed E-state index contributed by atoms with van der Waals surface area (Å²) in [5, 5.41) is 11.2. The van der Waals surface area contributed by atoms with Crippen LogP contribution in [0.1, 0.15) is 33.1 Å². The van der Waals surface area contributed by atoms with Crippen LogP contribution in [0.2, 0.25) is 0 Å². The minimum atomic E-state index is -4.62. The Balaban J connectivity index is 2.66. The molecule has 2 N–H and O–H groups in total. The van der Waals surface area contributed by atoms with Gasteiger partial charge in [-0.05, 0) is 24.7 Å². The van der Waals surface area contributed by atoms with E-state index in [1.165, 1.54) is 0 Å². The van der Waals surface area contributed by atoms with Crippen LogP contribution in [0.25, 0.3) is 0 Å². The van der Waals surface area contributed by atoms with Crippen LogP contribution in [-0.2, 0) is 4.79 Å². The maximum Gasteiger partial charge on any atom is 0.406 e. The van der Waals surface area contributed by atoms with Crippen molar-refractivity contribution < 1.29 is 27.9 Å². The molecule has 1 aliphatic carbocycles. The summed E-state index contributed by atoms with van der Waals surface area (Å²) in [7, 11) is 0.